The van der Waals surface area contributed by atoms with Crippen LogP contribution < -0.4 is 0 Å². The molecule has 21 heavy (non-hydrogen) atoms. The smallest absolute Gasteiger partial charge is 0.115 e. The van der Waals surface area contributed by atoms with Crippen LogP contribution in [-0.4, -0.2) is 16.3 Å². The zero-order valence-corrected chi connectivity index (χ0v) is 14.3. The Hall–Kier alpha value is -0.590. The van der Waals surface area contributed by atoms with E-state index >= 15 is 0 Å². The van der Waals surface area contributed by atoms with Crippen LogP contribution in [0.4, 0.5) is 0 Å². The number of phenols is 1. The zero-order valence-electron chi connectivity index (χ0n) is 12.9. The minimum absolute atomic E-state index is 0. The number of fused-ring (bicyclic) bond motifs is 5. The molecule has 1 aromatic carbocycles. The molecule has 0 saturated heterocycles. The van der Waals surface area contributed by atoms with E-state index in [9.17, 15) is 10.2 Å². The summed E-state index contributed by atoms with van der Waals surface area (Å²) >= 11 is 0. The van der Waals surface area contributed by atoms with Crippen molar-refractivity contribution in [2.45, 2.75) is 57.5 Å². The molecule has 0 radical (unpaired) electrons. The fourth-order valence-electron chi connectivity index (χ4n) is 5.54. The molecule has 1 aromatic rings. The summed E-state index contributed by atoms with van der Waals surface area (Å²) in [6.45, 7) is 2.32. The highest BCUT2D eigenvalue weighted by Gasteiger charge is 2.54. The van der Waals surface area contributed by atoms with Crippen LogP contribution in [0.5, 0.6) is 5.75 Å². The summed E-state index contributed by atoms with van der Waals surface area (Å²) in [6.07, 6.45) is 6.78. The maximum absolute atomic E-state index is 10.4. The minimum Gasteiger partial charge on any atom is -0.508 e. The second-order valence-electron chi connectivity index (χ2n) is 7.44. The first-order valence-corrected chi connectivity index (χ1v) is 8.09. The average molecular weight is 306 g/mol. The van der Waals surface area contributed by atoms with E-state index in [0.29, 0.717) is 17.6 Å². The van der Waals surface area contributed by atoms with Crippen molar-refractivity contribution in [3.63, 3.8) is 0 Å². The van der Waals surface area contributed by atoms with Crippen molar-refractivity contribution in [2.75, 3.05) is 0 Å². The Bertz CT molecular complexity index is 544. The minimum atomic E-state index is -0.0883. The van der Waals surface area contributed by atoms with E-state index in [2.05, 4.69) is 13.0 Å². The topological polar surface area (TPSA) is 40.5 Å². The number of rotatable bonds is 0. The lowest BCUT2D eigenvalue weighted by molar-refractivity contribution is -0.0226. The summed E-state index contributed by atoms with van der Waals surface area (Å²) in [5.74, 6) is 2.49. The van der Waals surface area contributed by atoms with Gasteiger partial charge in [0.1, 0.15) is 5.75 Å². The first kappa shape index (κ1) is 15.3. The highest BCUT2D eigenvalue weighted by atomic mass is 31.0. The van der Waals surface area contributed by atoms with Crippen LogP contribution in [0.15, 0.2) is 18.2 Å². The van der Waals surface area contributed by atoms with Gasteiger partial charge in [-0.05, 0) is 85.0 Å². The SMILES string of the molecule is C[C@]12CC[C@@H]3c4ccc(O)cc4CC[C@H]3[C@@H]1CC[C@@H]2O.P. The van der Waals surface area contributed by atoms with E-state index in [1.807, 2.05) is 12.1 Å². The van der Waals surface area contributed by atoms with Gasteiger partial charge in [0.05, 0.1) is 6.10 Å². The predicted molar refractivity (Wildman–Crippen MR) is 89.8 cm³/mol. The lowest BCUT2D eigenvalue weighted by Gasteiger charge is -2.50. The Balaban J connectivity index is 0.00000132. The van der Waals surface area contributed by atoms with Gasteiger partial charge in [-0.1, -0.05) is 13.0 Å². The molecule has 116 valence electrons. The predicted octanol–water partition coefficient (Wildman–Crippen LogP) is 3.67. The van der Waals surface area contributed by atoms with Crippen molar-refractivity contribution in [3.8, 4) is 5.75 Å². The van der Waals surface area contributed by atoms with Gasteiger partial charge in [-0.3, -0.25) is 0 Å². The van der Waals surface area contributed by atoms with Crippen molar-refractivity contribution in [1.82, 2.24) is 0 Å². The summed E-state index contributed by atoms with van der Waals surface area (Å²) in [4.78, 5) is 0. The second kappa shape index (κ2) is 5.25. The van der Waals surface area contributed by atoms with Gasteiger partial charge in [-0.15, -0.1) is 0 Å². The lowest BCUT2D eigenvalue weighted by atomic mass is 9.55. The molecule has 2 fully saturated rings. The van der Waals surface area contributed by atoms with Crippen LogP contribution in [0.3, 0.4) is 0 Å². The van der Waals surface area contributed by atoms with Gasteiger partial charge in [0.15, 0.2) is 0 Å². The quantitative estimate of drug-likeness (QED) is 0.718. The Kier molecular flexibility index (Phi) is 3.83. The van der Waals surface area contributed by atoms with Crippen molar-refractivity contribution in [1.29, 1.82) is 0 Å². The van der Waals surface area contributed by atoms with E-state index in [4.69, 9.17) is 0 Å². The third kappa shape index (κ3) is 2.14. The summed E-state index contributed by atoms with van der Waals surface area (Å²) in [5.41, 5.74) is 2.99. The van der Waals surface area contributed by atoms with Gasteiger partial charge in [-0.2, -0.15) is 9.90 Å². The molecular formula is C18H27O2P. The number of aliphatic hydroxyl groups is 1. The second-order valence-corrected chi connectivity index (χ2v) is 7.44. The van der Waals surface area contributed by atoms with Gasteiger partial charge >= 0.3 is 0 Å². The molecule has 0 amide bonds. The Morgan fingerprint density at radius 3 is 2.76 bits per heavy atom. The number of aryl methyl sites for hydroxylation is 1. The van der Waals surface area contributed by atoms with Gasteiger partial charge in [0.25, 0.3) is 0 Å². The molecule has 0 aliphatic heterocycles. The highest BCUT2D eigenvalue weighted by Crippen LogP contribution is 2.60. The molecule has 3 aliphatic rings. The molecule has 6 atom stereocenters. The molecular weight excluding hydrogens is 279 g/mol. The first-order chi connectivity index (χ1) is 9.59. The van der Waals surface area contributed by atoms with Crippen LogP contribution in [-0.2, 0) is 6.42 Å². The van der Waals surface area contributed by atoms with E-state index in [1.165, 1.54) is 30.4 Å². The van der Waals surface area contributed by atoms with Gasteiger partial charge in [-0.25, -0.2) is 0 Å². The monoisotopic (exact) mass is 306 g/mol. The van der Waals surface area contributed by atoms with Gasteiger partial charge in [0, 0.05) is 0 Å². The van der Waals surface area contributed by atoms with E-state index < -0.39 is 0 Å². The Morgan fingerprint density at radius 1 is 1.14 bits per heavy atom. The van der Waals surface area contributed by atoms with E-state index in [0.717, 1.165) is 25.2 Å². The third-order valence-electron chi connectivity index (χ3n) is 6.66. The number of aromatic hydroxyl groups is 1. The highest BCUT2D eigenvalue weighted by molar-refractivity contribution is 6.92. The molecule has 2 N–H and O–H groups in total. The number of hydrogen-bond donors (Lipinski definition) is 2. The van der Waals surface area contributed by atoms with Crippen molar-refractivity contribution >= 4 is 9.90 Å². The summed E-state index contributed by atoms with van der Waals surface area (Å²) in [6, 6.07) is 5.96. The molecule has 4 rings (SSSR count). The maximum atomic E-state index is 10.4. The zero-order chi connectivity index (χ0) is 13.9. The van der Waals surface area contributed by atoms with Crippen LogP contribution >= 0.6 is 9.90 Å². The number of phenolic OH excluding ortho intramolecular Hbond substituents is 1. The standard InChI is InChI=1S/C18H24O2.H3P/c1-18-9-8-14-13-5-3-12(19)10-11(13)2-4-15(14)16(18)6-7-17(18)20;/h3,5,10,14-17,19-20H,2,4,6-9H2,1H3;1H3/t14-,15-,16+,17+,18+;/m1./s1. The summed E-state index contributed by atoms with van der Waals surface area (Å²) in [7, 11) is 0. The fourth-order valence-corrected chi connectivity index (χ4v) is 5.54. The molecule has 2 nitrogen and oxygen atoms in total. The van der Waals surface area contributed by atoms with Crippen LogP contribution in [0.2, 0.25) is 0 Å². The normalized spacial score (nSPS) is 40.7. The Labute approximate surface area is 130 Å². The number of benzene rings is 1. The summed E-state index contributed by atoms with van der Waals surface area (Å²) < 4.78 is 0. The maximum Gasteiger partial charge on any atom is 0.115 e. The molecule has 0 bridgehead atoms. The van der Waals surface area contributed by atoms with Crippen molar-refractivity contribution < 1.29 is 10.2 Å². The average Bonchev–Trinajstić information content (AvgIpc) is 2.74. The van der Waals surface area contributed by atoms with Crippen molar-refractivity contribution in [2.24, 2.45) is 17.3 Å². The van der Waals surface area contributed by atoms with Gasteiger partial charge in [0.2, 0.25) is 0 Å². The molecule has 2 saturated carbocycles. The van der Waals surface area contributed by atoms with Crippen molar-refractivity contribution in [3.05, 3.63) is 29.3 Å². The number of aliphatic hydroxyl groups excluding tert-OH is 1. The van der Waals surface area contributed by atoms with Crippen LogP contribution in [0.1, 0.15) is 56.1 Å². The molecule has 0 heterocycles. The van der Waals surface area contributed by atoms with E-state index in [1.54, 1.807) is 0 Å². The lowest BCUT2D eigenvalue weighted by Crippen LogP contribution is -2.43. The molecule has 3 aliphatic carbocycles. The van der Waals surface area contributed by atoms with Crippen LogP contribution in [0.25, 0.3) is 0 Å². The molecule has 3 heteroatoms. The third-order valence-corrected chi connectivity index (χ3v) is 6.66. The molecule has 0 aromatic heterocycles. The van der Waals surface area contributed by atoms with Gasteiger partial charge < -0.3 is 10.2 Å². The van der Waals surface area contributed by atoms with Crippen LogP contribution in [0, 0.1) is 17.3 Å². The first-order valence-electron chi connectivity index (χ1n) is 8.09. The number of hydrogen-bond acceptors (Lipinski definition) is 2. The summed E-state index contributed by atoms with van der Waals surface area (Å²) in [5, 5.41) is 20.0. The fraction of sp³-hybridized carbons (Fsp3) is 0.667. The molecule has 0 spiro atoms. The Morgan fingerprint density at radius 2 is 1.95 bits per heavy atom. The molecule has 1 unspecified atom stereocenters. The largest absolute Gasteiger partial charge is 0.508 e. The van der Waals surface area contributed by atoms with E-state index in [-0.39, 0.29) is 21.4 Å².